The maximum Gasteiger partial charge on any atom is 0.416 e. The first-order valence-corrected chi connectivity index (χ1v) is 9.21. The van der Waals surface area contributed by atoms with E-state index in [2.05, 4.69) is 10.2 Å². The Balaban J connectivity index is 1.77. The highest BCUT2D eigenvalue weighted by atomic mass is 19.4. The molecule has 0 fully saturated rings. The van der Waals surface area contributed by atoms with E-state index < -0.39 is 17.2 Å². The normalized spacial score (nSPS) is 11.8. The lowest BCUT2D eigenvalue weighted by Crippen LogP contribution is -2.17. The summed E-state index contributed by atoms with van der Waals surface area (Å²) in [6.45, 7) is 0. The van der Waals surface area contributed by atoms with E-state index in [0.29, 0.717) is 11.4 Å². The highest BCUT2D eigenvalue weighted by Crippen LogP contribution is 2.31. The molecule has 154 valence electrons. The molecule has 0 aliphatic heterocycles. The van der Waals surface area contributed by atoms with Gasteiger partial charge in [-0.1, -0.05) is 24.3 Å². The molecule has 5 aromatic rings. The first kappa shape index (κ1) is 18.9. The fourth-order valence-corrected chi connectivity index (χ4v) is 3.38. The van der Waals surface area contributed by atoms with Crippen molar-refractivity contribution >= 4 is 11.1 Å². The predicted molar refractivity (Wildman–Crippen MR) is 107 cm³/mol. The van der Waals surface area contributed by atoms with E-state index in [1.54, 1.807) is 6.07 Å². The van der Waals surface area contributed by atoms with E-state index in [9.17, 15) is 18.0 Å². The molecule has 0 radical (unpaired) electrons. The van der Waals surface area contributed by atoms with E-state index in [1.165, 1.54) is 40.0 Å². The number of fused-ring (bicyclic) bond motifs is 1. The number of para-hydroxylation sites is 1. The standard InChI is InChI=1S/C22H13F3N4O2/c23-22(24,25)14-5-4-8-16(13-14)29-18-10-12-31-21(18)20(30)19(27-29)17-9-11-26-28(17)15-6-2-1-3-7-15/h1-13H. The second kappa shape index (κ2) is 6.98. The number of aromatic nitrogens is 4. The summed E-state index contributed by atoms with van der Waals surface area (Å²) in [6, 6.07) is 16.9. The molecule has 0 N–H and O–H groups in total. The summed E-state index contributed by atoms with van der Waals surface area (Å²) in [5.74, 6) is 0. The molecule has 6 nitrogen and oxygen atoms in total. The van der Waals surface area contributed by atoms with Crippen molar-refractivity contribution in [1.29, 1.82) is 0 Å². The number of furan rings is 1. The number of nitrogens with zero attached hydrogens (tertiary/aromatic N) is 4. The third kappa shape index (κ3) is 3.20. The fraction of sp³-hybridized carbons (Fsp3) is 0.0455. The molecule has 0 aliphatic rings. The van der Waals surface area contributed by atoms with Crippen LogP contribution in [0.1, 0.15) is 5.56 Å². The molecule has 2 aromatic carbocycles. The molecule has 0 atom stereocenters. The van der Waals surface area contributed by atoms with Gasteiger partial charge in [-0.05, 0) is 36.4 Å². The summed E-state index contributed by atoms with van der Waals surface area (Å²) in [5, 5.41) is 8.68. The maximum absolute atomic E-state index is 13.2. The predicted octanol–water partition coefficient (Wildman–Crippen LogP) is 4.85. The molecule has 9 heteroatoms. The monoisotopic (exact) mass is 422 g/mol. The Bertz CT molecular complexity index is 1450. The molecule has 0 bridgehead atoms. The molecule has 3 heterocycles. The van der Waals surface area contributed by atoms with Crippen molar-refractivity contribution in [3.8, 4) is 22.8 Å². The molecule has 0 aliphatic carbocycles. The Kier molecular flexibility index (Phi) is 4.25. The summed E-state index contributed by atoms with van der Waals surface area (Å²) < 4.78 is 47.9. The molecule has 3 aromatic heterocycles. The quantitative estimate of drug-likeness (QED) is 0.417. The summed E-state index contributed by atoms with van der Waals surface area (Å²) in [5.41, 5.74) is 0.180. The van der Waals surface area contributed by atoms with Crippen molar-refractivity contribution < 1.29 is 17.6 Å². The molecule has 5 rings (SSSR count). The third-order valence-electron chi connectivity index (χ3n) is 4.80. The second-order valence-electron chi connectivity index (χ2n) is 6.74. The van der Waals surface area contributed by atoms with Crippen LogP contribution in [0.4, 0.5) is 13.2 Å². The molecule has 0 unspecified atom stereocenters. The number of hydrogen-bond acceptors (Lipinski definition) is 4. The van der Waals surface area contributed by atoms with Gasteiger partial charge in [-0.25, -0.2) is 9.36 Å². The van der Waals surface area contributed by atoms with Gasteiger partial charge in [0.05, 0.1) is 35.1 Å². The number of benzene rings is 2. The molecular formula is C22H13F3N4O2. The van der Waals surface area contributed by atoms with Crippen LogP contribution in [0.15, 0.2) is 88.4 Å². The van der Waals surface area contributed by atoms with Crippen molar-refractivity contribution in [2.75, 3.05) is 0 Å². The Morgan fingerprint density at radius 2 is 1.65 bits per heavy atom. The van der Waals surface area contributed by atoms with Crippen molar-refractivity contribution in [2.45, 2.75) is 6.18 Å². The van der Waals surface area contributed by atoms with Crippen LogP contribution in [0.5, 0.6) is 0 Å². The van der Waals surface area contributed by atoms with Crippen molar-refractivity contribution in [2.24, 2.45) is 0 Å². The molecule has 0 spiro atoms. The summed E-state index contributed by atoms with van der Waals surface area (Å²) in [4.78, 5) is 13.1. The van der Waals surface area contributed by atoms with Gasteiger partial charge in [0.2, 0.25) is 5.58 Å². The van der Waals surface area contributed by atoms with Crippen LogP contribution in [-0.2, 0) is 6.18 Å². The van der Waals surface area contributed by atoms with E-state index in [0.717, 1.165) is 12.1 Å². The average molecular weight is 422 g/mol. The third-order valence-corrected chi connectivity index (χ3v) is 4.80. The summed E-state index contributed by atoms with van der Waals surface area (Å²) in [6.07, 6.45) is -1.69. The summed E-state index contributed by atoms with van der Waals surface area (Å²) >= 11 is 0. The zero-order valence-electron chi connectivity index (χ0n) is 15.7. The van der Waals surface area contributed by atoms with E-state index in [4.69, 9.17) is 4.42 Å². The first-order chi connectivity index (χ1) is 14.9. The SMILES string of the molecule is O=c1c(-c2ccnn2-c2ccccc2)nn(-c2cccc(C(F)(F)F)c2)c2ccoc12. The lowest BCUT2D eigenvalue weighted by atomic mass is 10.2. The van der Waals surface area contributed by atoms with Crippen LogP contribution < -0.4 is 5.43 Å². The van der Waals surface area contributed by atoms with Gasteiger partial charge in [0.15, 0.2) is 5.69 Å². The fourth-order valence-electron chi connectivity index (χ4n) is 3.38. The Hall–Kier alpha value is -4.14. The number of rotatable bonds is 3. The van der Waals surface area contributed by atoms with Gasteiger partial charge in [-0.15, -0.1) is 0 Å². The van der Waals surface area contributed by atoms with Crippen LogP contribution >= 0.6 is 0 Å². The minimum Gasteiger partial charge on any atom is -0.458 e. The van der Waals surface area contributed by atoms with Crippen LogP contribution in [0.25, 0.3) is 33.9 Å². The van der Waals surface area contributed by atoms with Gasteiger partial charge in [-0.3, -0.25) is 4.79 Å². The largest absolute Gasteiger partial charge is 0.458 e. The number of halogens is 3. The smallest absolute Gasteiger partial charge is 0.416 e. The zero-order valence-corrected chi connectivity index (χ0v) is 15.7. The van der Waals surface area contributed by atoms with Crippen LogP contribution in [-0.4, -0.2) is 19.6 Å². The molecular weight excluding hydrogens is 409 g/mol. The Morgan fingerprint density at radius 3 is 2.42 bits per heavy atom. The van der Waals surface area contributed by atoms with E-state index in [-0.39, 0.29) is 22.5 Å². The highest BCUT2D eigenvalue weighted by Gasteiger charge is 2.31. The Labute approximate surface area is 172 Å². The van der Waals surface area contributed by atoms with Crippen LogP contribution in [0.2, 0.25) is 0 Å². The van der Waals surface area contributed by atoms with Crippen molar-refractivity contribution in [3.63, 3.8) is 0 Å². The van der Waals surface area contributed by atoms with Gasteiger partial charge in [0.1, 0.15) is 5.52 Å². The van der Waals surface area contributed by atoms with Crippen molar-refractivity contribution in [1.82, 2.24) is 19.6 Å². The molecule has 0 saturated heterocycles. The minimum atomic E-state index is -4.51. The first-order valence-electron chi connectivity index (χ1n) is 9.21. The van der Waals surface area contributed by atoms with Gasteiger partial charge >= 0.3 is 6.18 Å². The van der Waals surface area contributed by atoms with Gasteiger partial charge in [0, 0.05) is 6.07 Å². The molecule has 0 saturated carbocycles. The van der Waals surface area contributed by atoms with Crippen LogP contribution in [0, 0.1) is 0 Å². The molecule has 31 heavy (non-hydrogen) atoms. The number of hydrogen-bond donors (Lipinski definition) is 0. The maximum atomic E-state index is 13.2. The summed E-state index contributed by atoms with van der Waals surface area (Å²) in [7, 11) is 0. The van der Waals surface area contributed by atoms with Crippen LogP contribution in [0.3, 0.4) is 0 Å². The van der Waals surface area contributed by atoms with Gasteiger partial charge < -0.3 is 4.42 Å². The topological polar surface area (TPSA) is 65.8 Å². The van der Waals surface area contributed by atoms with Gasteiger partial charge in [-0.2, -0.15) is 23.4 Å². The zero-order chi connectivity index (χ0) is 21.6. The van der Waals surface area contributed by atoms with E-state index >= 15 is 0 Å². The molecule has 0 amide bonds. The average Bonchev–Trinajstić information content (AvgIpc) is 3.44. The highest BCUT2D eigenvalue weighted by molar-refractivity contribution is 5.78. The van der Waals surface area contributed by atoms with Crippen molar-refractivity contribution in [3.05, 3.63) is 95.0 Å². The van der Waals surface area contributed by atoms with Gasteiger partial charge in [0.25, 0.3) is 5.43 Å². The minimum absolute atomic E-state index is 0.00112. The lowest BCUT2D eigenvalue weighted by molar-refractivity contribution is -0.137. The lowest BCUT2D eigenvalue weighted by Gasteiger charge is -2.13. The van der Waals surface area contributed by atoms with E-state index in [1.807, 2.05) is 30.3 Å². The second-order valence-corrected chi connectivity index (χ2v) is 6.74. The number of alkyl halides is 3. The Morgan fingerprint density at radius 1 is 0.871 bits per heavy atom.